The largest absolute Gasteiger partial charge is 0.399 e. The fourth-order valence-corrected chi connectivity index (χ4v) is 1.16. The zero-order chi connectivity index (χ0) is 13.4. The Bertz CT molecular complexity index is 497. The number of carbonyl (C=O) groups is 1. The lowest BCUT2D eigenvalue weighted by molar-refractivity contribution is -0.112. The molecule has 1 aromatic rings. The van der Waals surface area contributed by atoms with Crippen molar-refractivity contribution in [3.8, 4) is 6.07 Å². The van der Waals surface area contributed by atoms with E-state index in [1.807, 2.05) is 6.07 Å². The highest BCUT2D eigenvalue weighted by molar-refractivity contribution is 6.06. The topological polar surface area (TPSA) is 90.9 Å². The Morgan fingerprint density at radius 2 is 2.11 bits per heavy atom. The average Bonchev–Trinajstić information content (AvgIpc) is 2.37. The van der Waals surface area contributed by atoms with Crippen LogP contribution in [-0.4, -0.2) is 12.5 Å². The van der Waals surface area contributed by atoms with Gasteiger partial charge in [-0.25, -0.2) is 0 Å². The average molecular weight is 242 g/mol. The third kappa shape index (κ3) is 4.02. The first-order valence-electron chi connectivity index (χ1n) is 5.29. The van der Waals surface area contributed by atoms with E-state index < -0.39 is 5.91 Å². The molecule has 0 aliphatic rings. The molecule has 0 aliphatic heterocycles. The van der Waals surface area contributed by atoms with Crippen molar-refractivity contribution in [1.82, 2.24) is 5.32 Å². The van der Waals surface area contributed by atoms with Gasteiger partial charge in [-0.3, -0.25) is 4.79 Å². The third-order valence-electron chi connectivity index (χ3n) is 2.04. The molecule has 0 saturated heterocycles. The first-order chi connectivity index (χ1) is 8.67. The van der Waals surface area contributed by atoms with E-state index in [4.69, 9.17) is 11.0 Å². The predicted molar refractivity (Wildman–Crippen MR) is 71.4 cm³/mol. The fourth-order valence-electron chi connectivity index (χ4n) is 1.16. The van der Waals surface area contributed by atoms with E-state index in [-0.39, 0.29) is 5.57 Å². The molecule has 0 fully saturated rings. The molecule has 18 heavy (non-hydrogen) atoms. The number of amides is 1. The fraction of sp³-hybridized carbons (Fsp3) is 0.0769. The van der Waals surface area contributed by atoms with Crippen LogP contribution in [0.5, 0.6) is 0 Å². The Morgan fingerprint density at radius 3 is 2.67 bits per heavy atom. The summed E-state index contributed by atoms with van der Waals surface area (Å²) in [7, 11) is 0. The van der Waals surface area contributed by atoms with E-state index in [9.17, 15) is 4.79 Å². The predicted octanol–water partition coefficient (Wildman–Crippen LogP) is 1.39. The summed E-state index contributed by atoms with van der Waals surface area (Å²) in [4.78, 5) is 11.7. The van der Waals surface area contributed by atoms with Gasteiger partial charge in [-0.05, 0) is 24.3 Å². The summed E-state index contributed by atoms with van der Waals surface area (Å²) in [5, 5.41) is 14.2. The Kier molecular flexibility index (Phi) is 5.00. The normalized spacial score (nSPS) is 10.3. The van der Waals surface area contributed by atoms with Crippen molar-refractivity contribution in [2.24, 2.45) is 0 Å². The summed E-state index contributed by atoms with van der Waals surface area (Å²) in [5.41, 5.74) is 6.71. The number of nitrogen functional groups attached to an aromatic ring is 1. The lowest BCUT2D eigenvalue weighted by Gasteiger charge is -2.04. The van der Waals surface area contributed by atoms with Crippen LogP contribution < -0.4 is 16.4 Å². The van der Waals surface area contributed by atoms with Gasteiger partial charge in [-0.15, -0.1) is 6.58 Å². The van der Waals surface area contributed by atoms with E-state index in [1.54, 1.807) is 30.3 Å². The maximum absolute atomic E-state index is 11.7. The molecule has 0 heterocycles. The van der Waals surface area contributed by atoms with Crippen LogP contribution in [0.2, 0.25) is 0 Å². The van der Waals surface area contributed by atoms with E-state index >= 15 is 0 Å². The van der Waals surface area contributed by atoms with E-state index in [2.05, 4.69) is 17.2 Å². The third-order valence-corrected chi connectivity index (χ3v) is 2.04. The maximum atomic E-state index is 11.7. The number of benzene rings is 1. The van der Waals surface area contributed by atoms with Crippen molar-refractivity contribution in [2.45, 2.75) is 0 Å². The molecule has 5 nitrogen and oxygen atoms in total. The molecule has 0 atom stereocenters. The summed E-state index contributed by atoms with van der Waals surface area (Å²) in [6, 6.07) is 8.49. The first kappa shape index (κ1) is 13.3. The number of hydrogen-bond acceptors (Lipinski definition) is 4. The number of nitrogens with two attached hydrogens (primary N) is 1. The highest BCUT2D eigenvalue weighted by Gasteiger charge is 2.08. The molecule has 0 aromatic heterocycles. The molecule has 0 bridgehead atoms. The smallest absolute Gasteiger partial charge is 0.267 e. The zero-order valence-electron chi connectivity index (χ0n) is 9.81. The zero-order valence-corrected chi connectivity index (χ0v) is 9.81. The number of nitrogens with zero attached hydrogens (tertiary/aromatic N) is 1. The lowest BCUT2D eigenvalue weighted by atomic mass is 10.2. The molecular formula is C13H14N4O. The van der Waals surface area contributed by atoms with Gasteiger partial charge in [0.1, 0.15) is 11.6 Å². The first-order valence-corrected chi connectivity index (χ1v) is 5.29. The van der Waals surface area contributed by atoms with Crippen LogP contribution in [0.3, 0.4) is 0 Å². The minimum absolute atomic E-state index is 0.00586. The monoisotopic (exact) mass is 242 g/mol. The molecule has 1 aromatic carbocycles. The van der Waals surface area contributed by atoms with Gasteiger partial charge in [0.15, 0.2) is 0 Å². The number of nitrogens with one attached hydrogen (secondary N) is 2. The number of carbonyl (C=O) groups excluding carboxylic acids is 1. The van der Waals surface area contributed by atoms with E-state index in [0.717, 1.165) is 0 Å². The van der Waals surface area contributed by atoms with Gasteiger partial charge in [0, 0.05) is 24.1 Å². The Morgan fingerprint density at radius 1 is 1.44 bits per heavy atom. The van der Waals surface area contributed by atoms with Crippen LogP contribution >= 0.6 is 0 Å². The van der Waals surface area contributed by atoms with Crippen molar-refractivity contribution in [3.05, 3.63) is 48.7 Å². The van der Waals surface area contributed by atoms with Crippen molar-refractivity contribution in [3.63, 3.8) is 0 Å². The van der Waals surface area contributed by atoms with Gasteiger partial charge >= 0.3 is 0 Å². The minimum Gasteiger partial charge on any atom is -0.399 e. The van der Waals surface area contributed by atoms with Crippen LogP contribution in [0.15, 0.2) is 48.7 Å². The molecule has 92 valence electrons. The summed E-state index contributed by atoms with van der Waals surface area (Å²) >= 11 is 0. The van der Waals surface area contributed by atoms with Crippen molar-refractivity contribution < 1.29 is 4.79 Å². The number of anilines is 2. The summed E-state index contributed by atoms with van der Waals surface area (Å²) < 4.78 is 0. The second-order valence-corrected chi connectivity index (χ2v) is 3.44. The molecule has 0 radical (unpaired) electrons. The standard InChI is InChI=1S/C13H14N4O/c1-2-7-16-9-10(8-14)13(18)17-12-5-3-11(15)4-6-12/h2-6,9,16H,1,7,15H2,(H,17,18)/b10-9-. The van der Waals surface area contributed by atoms with Crippen LogP contribution in [0.4, 0.5) is 11.4 Å². The molecule has 0 spiro atoms. The number of rotatable bonds is 5. The molecular weight excluding hydrogens is 228 g/mol. The van der Waals surface area contributed by atoms with Gasteiger partial charge in [0.2, 0.25) is 0 Å². The summed E-state index contributed by atoms with van der Waals surface area (Å²) in [5.74, 6) is -0.473. The van der Waals surface area contributed by atoms with Crippen LogP contribution in [0, 0.1) is 11.3 Å². The number of nitriles is 1. The molecule has 1 rings (SSSR count). The molecule has 0 aliphatic carbocycles. The molecule has 4 N–H and O–H groups in total. The van der Waals surface area contributed by atoms with Gasteiger partial charge in [0.05, 0.1) is 0 Å². The van der Waals surface area contributed by atoms with Crippen molar-refractivity contribution in [1.29, 1.82) is 5.26 Å². The highest BCUT2D eigenvalue weighted by atomic mass is 16.1. The van der Waals surface area contributed by atoms with Crippen LogP contribution in [0.1, 0.15) is 0 Å². The highest BCUT2D eigenvalue weighted by Crippen LogP contribution is 2.11. The van der Waals surface area contributed by atoms with Crippen LogP contribution in [0.25, 0.3) is 0 Å². The quantitative estimate of drug-likeness (QED) is 0.239. The summed E-state index contributed by atoms with van der Waals surface area (Å²) in [6.07, 6.45) is 2.98. The van der Waals surface area contributed by atoms with Gasteiger partial charge in [0.25, 0.3) is 5.91 Å². The lowest BCUT2D eigenvalue weighted by Crippen LogP contribution is -2.16. The Labute approximate surface area is 106 Å². The van der Waals surface area contributed by atoms with Crippen molar-refractivity contribution >= 4 is 17.3 Å². The number of hydrogen-bond donors (Lipinski definition) is 3. The van der Waals surface area contributed by atoms with E-state index in [1.165, 1.54) is 6.20 Å². The van der Waals surface area contributed by atoms with Crippen molar-refractivity contribution in [2.75, 3.05) is 17.6 Å². The van der Waals surface area contributed by atoms with Crippen LogP contribution in [-0.2, 0) is 4.79 Å². The SMILES string of the molecule is C=CCN/C=C(/C#N)C(=O)Nc1ccc(N)cc1. The second-order valence-electron chi connectivity index (χ2n) is 3.44. The second kappa shape index (κ2) is 6.76. The minimum atomic E-state index is -0.473. The molecule has 0 saturated carbocycles. The van der Waals surface area contributed by atoms with Gasteiger partial charge in [-0.1, -0.05) is 6.08 Å². The Hall–Kier alpha value is -2.74. The molecule has 1 amide bonds. The maximum Gasteiger partial charge on any atom is 0.267 e. The van der Waals surface area contributed by atoms with Gasteiger partial charge < -0.3 is 16.4 Å². The Balaban J connectivity index is 2.68. The molecule has 5 heteroatoms. The van der Waals surface area contributed by atoms with Gasteiger partial charge in [-0.2, -0.15) is 5.26 Å². The van der Waals surface area contributed by atoms with E-state index in [0.29, 0.717) is 17.9 Å². The molecule has 0 unspecified atom stereocenters. The summed E-state index contributed by atoms with van der Waals surface area (Å²) in [6.45, 7) is 4.00.